The van der Waals surface area contributed by atoms with Gasteiger partial charge in [-0.05, 0) is 53.6 Å². The van der Waals surface area contributed by atoms with Crippen molar-refractivity contribution in [1.29, 1.82) is 0 Å². The second-order valence-electron chi connectivity index (χ2n) is 7.87. The van der Waals surface area contributed by atoms with Crippen LogP contribution in [0.2, 0.25) is 0 Å². The molecule has 5 rings (SSSR count). The normalized spacial score (nSPS) is 11.1. The fourth-order valence-corrected chi connectivity index (χ4v) is 3.97. The van der Waals surface area contributed by atoms with Crippen molar-refractivity contribution in [2.45, 2.75) is 13.0 Å². The number of rotatable bonds is 7. The van der Waals surface area contributed by atoms with Crippen LogP contribution in [0.25, 0.3) is 33.2 Å². The number of benzene rings is 3. The minimum atomic E-state index is -0.395. The molecule has 33 heavy (non-hydrogen) atoms. The molecule has 0 saturated heterocycles. The Bertz CT molecular complexity index is 1440. The number of ether oxygens (including phenoxy) is 2. The molecule has 0 radical (unpaired) electrons. The van der Waals surface area contributed by atoms with Crippen LogP contribution >= 0.6 is 0 Å². The van der Waals surface area contributed by atoms with E-state index in [1.54, 1.807) is 7.11 Å². The number of primary amides is 1. The number of hydrogen-bond donors (Lipinski definition) is 2. The van der Waals surface area contributed by atoms with E-state index in [0.717, 1.165) is 55.8 Å². The van der Waals surface area contributed by atoms with Gasteiger partial charge in [-0.1, -0.05) is 30.3 Å². The molecular formula is C27H23N3O3. The van der Waals surface area contributed by atoms with Crippen LogP contribution in [-0.2, 0) is 17.8 Å². The maximum absolute atomic E-state index is 11.8. The van der Waals surface area contributed by atoms with E-state index in [0.29, 0.717) is 6.61 Å². The first kappa shape index (κ1) is 20.6. The Hall–Kier alpha value is -4.32. The van der Waals surface area contributed by atoms with Crippen molar-refractivity contribution in [2.75, 3.05) is 7.11 Å². The molecule has 0 atom stereocenters. The predicted octanol–water partition coefficient (Wildman–Crippen LogP) is 5.00. The highest BCUT2D eigenvalue weighted by Gasteiger charge is 2.15. The summed E-state index contributed by atoms with van der Waals surface area (Å²) in [6.45, 7) is 0.485. The molecule has 0 saturated carbocycles. The molecule has 164 valence electrons. The summed E-state index contributed by atoms with van der Waals surface area (Å²) in [6, 6.07) is 25.5. The first-order valence-corrected chi connectivity index (χ1v) is 10.7. The lowest BCUT2D eigenvalue weighted by molar-refractivity contribution is -0.117. The molecule has 2 aromatic heterocycles. The zero-order chi connectivity index (χ0) is 22.8. The van der Waals surface area contributed by atoms with Gasteiger partial charge in [-0.3, -0.25) is 4.79 Å². The van der Waals surface area contributed by atoms with Crippen molar-refractivity contribution in [2.24, 2.45) is 5.73 Å². The molecule has 0 aliphatic rings. The molecule has 0 aliphatic heterocycles. The van der Waals surface area contributed by atoms with Crippen LogP contribution in [0, 0.1) is 0 Å². The number of fused-ring (bicyclic) bond motifs is 3. The Morgan fingerprint density at radius 3 is 2.45 bits per heavy atom. The van der Waals surface area contributed by atoms with Crippen molar-refractivity contribution in [1.82, 2.24) is 9.97 Å². The molecule has 6 heteroatoms. The summed E-state index contributed by atoms with van der Waals surface area (Å²) in [5.74, 6) is 1.13. The molecule has 2 heterocycles. The van der Waals surface area contributed by atoms with Gasteiger partial charge in [0.1, 0.15) is 18.1 Å². The van der Waals surface area contributed by atoms with Crippen LogP contribution in [0.4, 0.5) is 0 Å². The number of nitrogens with one attached hydrogen (secondary N) is 1. The van der Waals surface area contributed by atoms with Gasteiger partial charge in [0.15, 0.2) is 0 Å². The van der Waals surface area contributed by atoms with Crippen molar-refractivity contribution in [3.63, 3.8) is 0 Å². The van der Waals surface area contributed by atoms with E-state index >= 15 is 0 Å². The number of carbonyl (C=O) groups excluding carboxylic acids is 1. The first-order valence-electron chi connectivity index (χ1n) is 10.7. The number of carbonyl (C=O) groups is 1. The van der Waals surface area contributed by atoms with E-state index in [-0.39, 0.29) is 6.42 Å². The fraction of sp³-hybridized carbons (Fsp3) is 0.111. The van der Waals surface area contributed by atoms with Crippen LogP contribution in [0.15, 0.2) is 78.9 Å². The van der Waals surface area contributed by atoms with Crippen LogP contribution < -0.4 is 15.2 Å². The Labute approximate surface area is 191 Å². The van der Waals surface area contributed by atoms with Crippen LogP contribution in [0.3, 0.4) is 0 Å². The quantitative estimate of drug-likeness (QED) is 0.375. The van der Waals surface area contributed by atoms with E-state index in [1.165, 1.54) is 0 Å². The molecule has 0 aliphatic carbocycles. The average molecular weight is 437 g/mol. The molecule has 3 N–H and O–H groups in total. The molecule has 5 aromatic rings. The van der Waals surface area contributed by atoms with E-state index in [9.17, 15) is 4.79 Å². The van der Waals surface area contributed by atoms with E-state index < -0.39 is 5.91 Å². The first-order chi connectivity index (χ1) is 16.1. The number of aromatic nitrogens is 2. The largest absolute Gasteiger partial charge is 0.497 e. The summed E-state index contributed by atoms with van der Waals surface area (Å²) in [6.07, 6.45) is 0.117. The Kier molecular flexibility index (Phi) is 5.40. The van der Waals surface area contributed by atoms with Gasteiger partial charge in [-0.25, -0.2) is 4.98 Å². The van der Waals surface area contributed by atoms with E-state index in [2.05, 4.69) is 4.98 Å². The Morgan fingerprint density at radius 2 is 1.73 bits per heavy atom. The highest BCUT2D eigenvalue weighted by Crippen LogP contribution is 2.32. The number of nitrogens with zero attached hydrogens (tertiary/aromatic N) is 1. The number of H-pyrrole nitrogens is 1. The molecule has 0 fully saturated rings. The maximum atomic E-state index is 11.8. The number of amides is 1. The summed E-state index contributed by atoms with van der Waals surface area (Å²) in [5.41, 5.74) is 11.6. The van der Waals surface area contributed by atoms with Crippen molar-refractivity contribution in [3.8, 4) is 22.8 Å². The monoisotopic (exact) mass is 437 g/mol. The van der Waals surface area contributed by atoms with Gasteiger partial charge < -0.3 is 20.2 Å². The minimum Gasteiger partial charge on any atom is -0.497 e. The summed E-state index contributed by atoms with van der Waals surface area (Å²) in [4.78, 5) is 20.1. The zero-order valence-electron chi connectivity index (χ0n) is 18.2. The number of aromatic amines is 1. The molecule has 6 nitrogen and oxygen atoms in total. The van der Waals surface area contributed by atoms with E-state index in [1.807, 2.05) is 78.9 Å². The van der Waals surface area contributed by atoms with Gasteiger partial charge in [0.2, 0.25) is 5.91 Å². The van der Waals surface area contributed by atoms with Gasteiger partial charge in [0, 0.05) is 17.0 Å². The third-order valence-corrected chi connectivity index (χ3v) is 5.61. The molecule has 0 spiro atoms. The zero-order valence-corrected chi connectivity index (χ0v) is 18.2. The van der Waals surface area contributed by atoms with E-state index in [4.69, 9.17) is 20.2 Å². The number of nitrogens with two attached hydrogens (primary N) is 1. The van der Waals surface area contributed by atoms with Crippen molar-refractivity contribution >= 4 is 27.8 Å². The summed E-state index contributed by atoms with van der Waals surface area (Å²) < 4.78 is 11.2. The average Bonchev–Trinajstić information content (AvgIpc) is 3.21. The van der Waals surface area contributed by atoms with Gasteiger partial charge in [0.05, 0.1) is 35.8 Å². The van der Waals surface area contributed by atoms with Gasteiger partial charge in [-0.15, -0.1) is 0 Å². The Balaban J connectivity index is 1.57. The third-order valence-electron chi connectivity index (χ3n) is 5.61. The van der Waals surface area contributed by atoms with Crippen molar-refractivity contribution < 1.29 is 14.3 Å². The number of pyridine rings is 1. The minimum absolute atomic E-state index is 0.117. The number of methoxy groups -OCH3 is 1. The highest BCUT2D eigenvalue weighted by molar-refractivity contribution is 6.07. The molecule has 0 bridgehead atoms. The predicted molar refractivity (Wildman–Crippen MR) is 129 cm³/mol. The lowest BCUT2D eigenvalue weighted by Crippen LogP contribution is -2.14. The lowest BCUT2D eigenvalue weighted by atomic mass is 10.0. The summed E-state index contributed by atoms with van der Waals surface area (Å²) in [5, 5.41) is 0.957. The van der Waals surface area contributed by atoms with Crippen LogP contribution in [0.5, 0.6) is 11.5 Å². The second kappa shape index (κ2) is 8.67. The number of hydrogen-bond acceptors (Lipinski definition) is 4. The molecule has 0 unspecified atom stereocenters. The topological polar surface area (TPSA) is 90.2 Å². The van der Waals surface area contributed by atoms with Crippen LogP contribution in [-0.4, -0.2) is 23.0 Å². The standard InChI is InChI=1S/C27H23N3O3/c1-32-20-9-7-18(8-10-20)23-13-19(14-25(28)31)26-27(29-23)22-12-11-21(15-24(22)30-26)33-16-17-5-3-2-4-6-17/h2-13,15,30H,14,16H2,1H3,(H2,28,31). The smallest absolute Gasteiger partial charge is 0.221 e. The van der Waals surface area contributed by atoms with Gasteiger partial charge in [-0.2, -0.15) is 0 Å². The van der Waals surface area contributed by atoms with Crippen LogP contribution in [0.1, 0.15) is 11.1 Å². The van der Waals surface area contributed by atoms with Gasteiger partial charge in [0.25, 0.3) is 0 Å². The lowest BCUT2D eigenvalue weighted by Gasteiger charge is -2.07. The molecule has 1 amide bonds. The SMILES string of the molecule is COc1ccc(-c2cc(CC(N)=O)c3[nH]c4cc(OCc5ccccc5)ccc4c3n2)cc1. The van der Waals surface area contributed by atoms with Gasteiger partial charge >= 0.3 is 0 Å². The van der Waals surface area contributed by atoms with Crippen molar-refractivity contribution in [3.05, 3.63) is 90.0 Å². The molecular weight excluding hydrogens is 414 g/mol. The maximum Gasteiger partial charge on any atom is 0.221 e. The fourth-order valence-electron chi connectivity index (χ4n) is 3.97. The highest BCUT2D eigenvalue weighted by atomic mass is 16.5. The molecule has 3 aromatic carbocycles. The third kappa shape index (κ3) is 4.23. The second-order valence-corrected chi connectivity index (χ2v) is 7.87. The summed E-state index contributed by atoms with van der Waals surface area (Å²) >= 11 is 0. The Morgan fingerprint density at radius 1 is 0.970 bits per heavy atom. The summed E-state index contributed by atoms with van der Waals surface area (Å²) in [7, 11) is 1.63.